The number of nitrogen functional groups attached to an aromatic ring is 1. The van der Waals surface area contributed by atoms with Crippen molar-refractivity contribution in [3.63, 3.8) is 0 Å². The molecule has 0 aliphatic carbocycles. The molecular formula is C13H20N4S2. The maximum absolute atomic E-state index is 9.11. The van der Waals surface area contributed by atoms with Gasteiger partial charge in [0.25, 0.3) is 0 Å². The molecule has 0 unspecified atom stereocenters. The molecular weight excluding hydrogens is 276 g/mol. The number of thioether (sulfide) groups is 1. The van der Waals surface area contributed by atoms with E-state index in [1.807, 2.05) is 6.26 Å². The summed E-state index contributed by atoms with van der Waals surface area (Å²) in [6, 6.07) is 2.80. The van der Waals surface area contributed by atoms with E-state index in [0.717, 1.165) is 31.1 Å². The first-order valence-electron chi connectivity index (χ1n) is 6.43. The van der Waals surface area contributed by atoms with Crippen LogP contribution in [0.15, 0.2) is 4.90 Å². The summed E-state index contributed by atoms with van der Waals surface area (Å²) in [6.07, 6.45) is 2.02. The summed E-state index contributed by atoms with van der Waals surface area (Å²) >= 11 is 3.17. The number of hydrogen-bond acceptors (Lipinski definition) is 6. The number of anilines is 2. The van der Waals surface area contributed by atoms with Crippen LogP contribution in [0, 0.1) is 11.3 Å². The van der Waals surface area contributed by atoms with E-state index in [-0.39, 0.29) is 0 Å². The van der Waals surface area contributed by atoms with Crippen LogP contribution in [0.25, 0.3) is 0 Å². The second-order valence-electron chi connectivity index (χ2n) is 4.91. The number of nitrogens with zero attached hydrogens (tertiary/aromatic N) is 3. The molecule has 104 valence electrons. The number of rotatable bonds is 3. The molecule has 0 radical (unpaired) electrons. The minimum Gasteiger partial charge on any atom is -0.396 e. The van der Waals surface area contributed by atoms with Crippen molar-refractivity contribution in [1.82, 2.24) is 4.90 Å². The Labute approximate surface area is 123 Å². The molecule has 0 bridgehead atoms. The molecule has 1 aromatic heterocycles. The largest absolute Gasteiger partial charge is 0.396 e. The SMILES string of the molecule is CSc1c(N2CCN(C(C)C)CC2)sc(C#N)c1N. The van der Waals surface area contributed by atoms with E-state index < -0.39 is 0 Å². The zero-order chi connectivity index (χ0) is 14.0. The zero-order valence-corrected chi connectivity index (χ0v) is 13.3. The van der Waals surface area contributed by atoms with E-state index in [4.69, 9.17) is 11.0 Å². The molecule has 1 saturated heterocycles. The molecule has 0 amide bonds. The molecule has 2 rings (SSSR count). The fourth-order valence-corrected chi connectivity index (χ4v) is 4.38. The van der Waals surface area contributed by atoms with Crippen LogP contribution < -0.4 is 10.6 Å². The number of nitrogens with two attached hydrogens (primary N) is 1. The van der Waals surface area contributed by atoms with Crippen molar-refractivity contribution in [2.75, 3.05) is 43.1 Å². The molecule has 0 atom stereocenters. The lowest BCUT2D eigenvalue weighted by Gasteiger charge is -2.37. The minimum atomic E-state index is 0.602. The average molecular weight is 296 g/mol. The smallest absolute Gasteiger partial charge is 0.131 e. The summed E-state index contributed by atoms with van der Waals surface area (Å²) in [5.41, 5.74) is 6.69. The molecule has 2 N–H and O–H groups in total. The summed E-state index contributed by atoms with van der Waals surface area (Å²) in [5.74, 6) is 0. The van der Waals surface area contributed by atoms with Gasteiger partial charge in [0.2, 0.25) is 0 Å². The highest BCUT2D eigenvalue weighted by molar-refractivity contribution is 7.99. The molecule has 0 aromatic carbocycles. The van der Waals surface area contributed by atoms with Crippen LogP contribution in [-0.2, 0) is 0 Å². The first-order valence-corrected chi connectivity index (χ1v) is 8.48. The standard InChI is InChI=1S/C13H20N4S2/c1-9(2)16-4-6-17(7-5-16)13-12(18-3)11(15)10(8-14)19-13/h9H,4-7,15H2,1-3H3. The summed E-state index contributed by atoms with van der Waals surface area (Å²) in [7, 11) is 0. The van der Waals surface area contributed by atoms with Crippen molar-refractivity contribution in [1.29, 1.82) is 5.26 Å². The van der Waals surface area contributed by atoms with Crippen LogP contribution in [0.3, 0.4) is 0 Å². The zero-order valence-electron chi connectivity index (χ0n) is 11.6. The van der Waals surface area contributed by atoms with Crippen LogP contribution in [0.5, 0.6) is 0 Å². The Hall–Kier alpha value is -0.900. The van der Waals surface area contributed by atoms with Gasteiger partial charge in [0.1, 0.15) is 15.9 Å². The second kappa shape index (κ2) is 6.04. The number of thiophene rings is 1. The van der Waals surface area contributed by atoms with Crippen molar-refractivity contribution in [3.05, 3.63) is 4.88 Å². The number of nitriles is 1. The van der Waals surface area contributed by atoms with Gasteiger partial charge in [-0.25, -0.2) is 0 Å². The van der Waals surface area contributed by atoms with Crippen molar-refractivity contribution in [2.24, 2.45) is 0 Å². The Morgan fingerprint density at radius 1 is 1.32 bits per heavy atom. The van der Waals surface area contributed by atoms with Crippen LogP contribution >= 0.6 is 23.1 Å². The molecule has 0 spiro atoms. The number of hydrogen-bond donors (Lipinski definition) is 1. The molecule has 6 heteroatoms. The van der Waals surface area contributed by atoms with Crippen molar-refractivity contribution < 1.29 is 0 Å². The van der Waals surface area contributed by atoms with Crippen LogP contribution in [0.4, 0.5) is 10.7 Å². The lowest BCUT2D eigenvalue weighted by Crippen LogP contribution is -2.48. The molecule has 1 aromatic rings. The highest BCUT2D eigenvalue weighted by Gasteiger charge is 2.24. The van der Waals surface area contributed by atoms with E-state index in [2.05, 4.69) is 29.7 Å². The van der Waals surface area contributed by atoms with E-state index in [1.54, 1.807) is 11.8 Å². The summed E-state index contributed by atoms with van der Waals surface area (Å²) in [4.78, 5) is 6.56. The summed E-state index contributed by atoms with van der Waals surface area (Å²) in [6.45, 7) is 8.64. The number of piperazine rings is 1. The van der Waals surface area contributed by atoms with Gasteiger partial charge in [-0.15, -0.1) is 23.1 Å². The van der Waals surface area contributed by atoms with Gasteiger partial charge < -0.3 is 10.6 Å². The fraction of sp³-hybridized carbons (Fsp3) is 0.615. The third-order valence-corrected chi connectivity index (χ3v) is 5.64. The quantitative estimate of drug-likeness (QED) is 0.868. The first kappa shape index (κ1) is 14.5. The van der Waals surface area contributed by atoms with Crippen molar-refractivity contribution in [3.8, 4) is 6.07 Å². The van der Waals surface area contributed by atoms with E-state index in [0.29, 0.717) is 16.6 Å². The maximum atomic E-state index is 9.11. The topological polar surface area (TPSA) is 56.3 Å². The first-order chi connectivity index (χ1) is 9.08. The monoisotopic (exact) mass is 296 g/mol. The Morgan fingerprint density at radius 3 is 2.42 bits per heavy atom. The third-order valence-electron chi connectivity index (χ3n) is 3.52. The Kier molecular flexibility index (Phi) is 4.61. The Balaban J connectivity index is 2.18. The Bertz CT molecular complexity index is 482. The van der Waals surface area contributed by atoms with Crippen molar-refractivity contribution >= 4 is 33.8 Å². The minimum absolute atomic E-state index is 0.602. The van der Waals surface area contributed by atoms with E-state index in [1.165, 1.54) is 16.3 Å². The molecule has 19 heavy (non-hydrogen) atoms. The molecule has 0 saturated carbocycles. The molecule has 1 aliphatic rings. The molecule has 1 aliphatic heterocycles. The fourth-order valence-electron chi connectivity index (χ4n) is 2.35. The van der Waals surface area contributed by atoms with E-state index in [9.17, 15) is 0 Å². The predicted octanol–water partition coefficient (Wildman–Crippen LogP) is 2.45. The normalized spacial score (nSPS) is 16.9. The van der Waals surface area contributed by atoms with Crippen LogP contribution in [0.1, 0.15) is 18.7 Å². The highest BCUT2D eigenvalue weighted by atomic mass is 32.2. The average Bonchev–Trinajstić information content (AvgIpc) is 2.75. The molecule has 1 fully saturated rings. The predicted molar refractivity (Wildman–Crippen MR) is 84.1 cm³/mol. The maximum Gasteiger partial charge on any atom is 0.131 e. The van der Waals surface area contributed by atoms with Gasteiger partial charge in [-0.05, 0) is 20.1 Å². The van der Waals surface area contributed by atoms with E-state index >= 15 is 0 Å². The second-order valence-corrected chi connectivity index (χ2v) is 6.73. The van der Waals surface area contributed by atoms with Crippen LogP contribution in [-0.4, -0.2) is 43.4 Å². The van der Waals surface area contributed by atoms with Gasteiger partial charge in [-0.3, -0.25) is 4.90 Å². The third kappa shape index (κ3) is 2.83. The van der Waals surface area contributed by atoms with Crippen LogP contribution in [0.2, 0.25) is 0 Å². The van der Waals surface area contributed by atoms with Gasteiger partial charge in [0, 0.05) is 32.2 Å². The van der Waals surface area contributed by atoms with Gasteiger partial charge >= 0.3 is 0 Å². The molecule has 2 heterocycles. The Morgan fingerprint density at radius 2 is 1.95 bits per heavy atom. The lowest BCUT2D eigenvalue weighted by molar-refractivity contribution is 0.209. The van der Waals surface area contributed by atoms with Gasteiger partial charge in [-0.1, -0.05) is 0 Å². The van der Waals surface area contributed by atoms with Gasteiger partial charge in [-0.2, -0.15) is 5.26 Å². The van der Waals surface area contributed by atoms with Gasteiger partial charge in [0.05, 0.1) is 10.6 Å². The molecule has 4 nitrogen and oxygen atoms in total. The lowest BCUT2D eigenvalue weighted by atomic mass is 10.2. The summed E-state index contributed by atoms with van der Waals surface area (Å²) < 4.78 is 0. The van der Waals surface area contributed by atoms with Crippen molar-refractivity contribution in [2.45, 2.75) is 24.8 Å². The van der Waals surface area contributed by atoms with Gasteiger partial charge in [0.15, 0.2) is 0 Å². The summed E-state index contributed by atoms with van der Waals surface area (Å²) in [5, 5.41) is 10.3. The highest BCUT2D eigenvalue weighted by Crippen LogP contribution is 2.43.